The van der Waals surface area contributed by atoms with Crippen molar-refractivity contribution in [2.75, 3.05) is 25.2 Å². The number of pyridine rings is 1. The number of anilines is 1. The smallest absolute Gasteiger partial charge is 0.287 e. The van der Waals surface area contributed by atoms with E-state index >= 15 is 0 Å². The van der Waals surface area contributed by atoms with Gasteiger partial charge in [-0.15, -0.1) is 0 Å². The summed E-state index contributed by atoms with van der Waals surface area (Å²) in [5.74, 6) is 0.940. The largest absolute Gasteiger partial charge is 0.484 e. The molecule has 2 unspecified atom stereocenters. The Morgan fingerprint density at radius 1 is 1.18 bits per heavy atom. The minimum atomic E-state index is -0.869. The number of aromatic nitrogens is 2. The highest BCUT2D eigenvalue weighted by molar-refractivity contribution is 5.92. The molecule has 1 fully saturated rings. The van der Waals surface area contributed by atoms with E-state index in [2.05, 4.69) is 4.98 Å². The topological polar surface area (TPSA) is 104 Å². The van der Waals surface area contributed by atoms with Crippen LogP contribution < -0.4 is 9.64 Å². The molecule has 2 aromatic carbocycles. The molecule has 0 radical (unpaired) electrons. The second kappa shape index (κ2) is 9.48. The molecule has 4 aromatic rings. The SMILES string of the molecule is COCC1CC([N+](=O)[O-])N(c2ccc3ccc(-c4ncco4)nc3c2OCc2ccccc2)C1. The Bertz CT molecular complexity index is 1280. The molecular weight excluding hydrogens is 436 g/mol. The maximum absolute atomic E-state index is 11.9. The zero-order valence-electron chi connectivity index (χ0n) is 18.7. The zero-order valence-corrected chi connectivity index (χ0v) is 18.7. The number of oxazole rings is 1. The molecule has 2 atom stereocenters. The van der Waals surface area contributed by atoms with Crippen LogP contribution in [0.1, 0.15) is 12.0 Å². The molecule has 0 saturated carbocycles. The van der Waals surface area contributed by atoms with Crippen molar-refractivity contribution in [1.82, 2.24) is 9.97 Å². The minimum Gasteiger partial charge on any atom is -0.484 e. The van der Waals surface area contributed by atoms with Gasteiger partial charge in [-0.1, -0.05) is 42.5 Å². The number of nitro groups is 1. The number of hydrogen-bond donors (Lipinski definition) is 0. The van der Waals surface area contributed by atoms with Gasteiger partial charge in [-0.3, -0.25) is 10.1 Å². The number of methoxy groups -OCH3 is 1. The van der Waals surface area contributed by atoms with E-state index < -0.39 is 6.17 Å². The monoisotopic (exact) mass is 460 g/mol. The van der Waals surface area contributed by atoms with Crippen LogP contribution in [0.15, 0.2) is 71.5 Å². The number of nitrogens with zero attached hydrogens (tertiary/aromatic N) is 4. The molecule has 3 heterocycles. The fourth-order valence-corrected chi connectivity index (χ4v) is 4.43. The molecular formula is C25H24N4O5. The Hall–Kier alpha value is -3.98. The summed E-state index contributed by atoms with van der Waals surface area (Å²) in [4.78, 5) is 22.5. The molecule has 2 aromatic heterocycles. The lowest BCUT2D eigenvalue weighted by Gasteiger charge is -2.24. The van der Waals surface area contributed by atoms with Gasteiger partial charge in [0.1, 0.15) is 24.1 Å². The van der Waals surface area contributed by atoms with Gasteiger partial charge >= 0.3 is 0 Å². The van der Waals surface area contributed by atoms with Crippen LogP contribution in [0.5, 0.6) is 5.75 Å². The Morgan fingerprint density at radius 3 is 2.74 bits per heavy atom. The summed E-state index contributed by atoms with van der Waals surface area (Å²) < 4.78 is 17.1. The summed E-state index contributed by atoms with van der Waals surface area (Å²) in [5.41, 5.74) is 2.78. The zero-order chi connectivity index (χ0) is 23.5. The third-order valence-electron chi connectivity index (χ3n) is 5.99. The van der Waals surface area contributed by atoms with Crippen LogP contribution in [-0.2, 0) is 11.3 Å². The molecule has 0 bridgehead atoms. The van der Waals surface area contributed by atoms with Crippen molar-refractivity contribution in [1.29, 1.82) is 0 Å². The molecule has 0 spiro atoms. The highest BCUT2D eigenvalue weighted by Crippen LogP contribution is 2.41. The Labute approximate surface area is 196 Å². The molecule has 1 aliphatic heterocycles. The first-order valence-corrected chi connectivity index (χ1v) is 11.0. The van der Waals surface area contributed by atoms with E-state index in [0.29, 0.717) is 54.7 Å². The maximum atomic E-state index is 11.9. The summed E-state index contributed by atoms with van der Waals surface area (Å²) in [7, 11) is 1.61. The lowest BCUT2D eigenvalue weighted by atomic mass is 10.1. The summed E-state index contributed by atoms with van der Waals surface area (Å²) in [6, 6.07) is 17.3. The molecule has 5 rings (SSSR count). The van der Waals surface area contributed by atoms with E-state index in [1.54, 1.807) is 18.2 Å². The van der Waals surface area contributed by atoms with E-state index in [4.69, 9.17) is 18.9 Å². The van der Waals surface area contributed by atoms with E-state index in [1.807, 2.05) is 54.6 Å². The van der Waals surface area contributed by atoms with Gasteiger partial charge in [0.25, 0.3) is 6.17 Å². The van der Waals surface area contributed by atoms with Gasteiger partial charge in [-0.2, -0.15) is 0 Å². The minimum absolute atomic E-state index is 0.0460. The summed E-state index contributed by atoms with van der Waals surface area (Å²) in [5, 5.41) is 12.8. The molecule has 0 N–H and O–H groups in total. The predicted octanol–water partition coefficient (Wildman–Crippen LogP) is 4.54. The molecule has 1 saturated heterocycles. The quantitative estimate of drug-likeness (QED) is 0.279. The number of rotatable bonds is 8. The predicted molar refractivity (Wildman–Crippen MR) is 126 cm³/mol. The molecule has 174 valence electrons. The second-order valence-electron chi connectivity index (χ2n) is 8.27. The van der Waals surface area contributed by atoms with Gasteiger partial charge < -0.3 is 18.8 Å². The first kappa shape index (κ1) is 21.8. The second-order valence-corrected chi connectivity index (χ2v) is 8.27. The van der Waals surface area contributed by atoms with Crippen LogP contribution >= 0.6 is 0 Å². The van der Waals surface area contributed by atoms with Crippen LogP contribution in [-0.4, -0.2) is 41.3 Å². The summed E-state index contributed by atoms with van der Waals surface area (Å²) in [6.45, 7) is 1.25. The lowest BCUT2D eigenvalue weighted by molar-refractivity contribution is -0.519. The normalized spacial score (nSPS) is 17.9. The van der Waals surface area contributed by atoms with E-state index in [0.717, 1.165) is 10.9 Å². The third-order valence-corrected chi connectivity index (χ3v) is 5.99. The van der Waals surface area contributed by atoms with Crippen LogP contribution in [0.4, 0.5) is 5.69 Å². The van der Waals surface area contributed by atoms with E-state index in [-0.39, 0.29) is 10.8 Å². The van der Waals surface area contributed by atoms with E-state index in [9.17, 15) is 10.1 Å². The average molecular weight is 460 g/mol. The molecule has 9 heteroatoms. The van der Waals surface area contributed by atoms with Crippen molar-refractivity contribution in [3.8, 4) is 17.3 Å². The van der Waals surface area contributed by atoms with Crippen LogP contribution in [0.2, 0.25) is 0 Å². The summed E-state index contributed by atoms with van der Waals surface area (Å²) >= 11 is 0. The average Bonchev–Trinajstić information content (AvgIpc) is 3.54. The maximum Gasteiger partial charge on any atom is 0.287 e. The van der Waals surface area contributed by atoms with Crippen LogP contribution in [0.25, 0.3) is 22.5 Å². The van der Waals surface area contributed by atoms with Gasteiger partial charge in [0.2, 0.25) is 5.89 Å². The van der Waals surface area contributed by atoms with Crippen LogP contribution in [0.3, 0.4) is 0 Å². The van der Waals surface area contributed by atoms with Gasteiger partial charge in [0.15, 0.2) is 5.75 Å². The molecule has 0 amide bonds. The Balaban J connectivity index is 1.61. The highest BCUT2D eigenvalue weighted by atomic mass is 16.6. The molecule has 9 nitrogen and oxygen atoms in total. The fraction of sp³-hybridized carbons (Fsp3) is 0.280. The van der Waals surface area contributed by atoms with E-state index in [1.165, 1.54) is 6.26 Å². The molecule has 34 heavy (non-hydrogen) atoms. The lowest BCUT2D eigenvalue weighted by Crippen LogP contribution is -2.36. The Morgan fingerprint density at radius 2 is 2.00 bits per heavy atom. The van der Waals surface area contributed by atoms with Crippen molar-refractivity contribution in [2.45, 2.75) is 19.2 Å². The van der Waals surface area contributed by atoms with Crippen molar-refractivity contribution in [3.05, 3.63) is 82.7 Å². The fourth-order valence-electron chi connectivity index (χ4n) is 4.43. The van der Waals surface area contributed by atoms with Gasteiger partial charge in [-0.25, -0.2) is 9.97 Å². The molecule has 0 aliphatic carbocycles. The van der Waals surface area contributed by atoms with Crippen LogP contribution in [0, 0.1) is 16.0 Å². The Kier molecular flexibility index (Phi) is 6.09. The molecule has 1 aliphatic rings. The third kappa shape index (κ3) is 4.29. The van der Waals surface area contributed by atoms with Gasteiger partial charge in [-0.05, 0) is 17.7 Å². The van der Waals surface area contributed by atoms with Crippen molar-refractivity contribution < 1.29 is 18.8 Å². The number of benzene rings is 2. The first-order valence-electron chi connectivity index (χ1n) is 11.0. The van der Waals surface area contributed by atoms with Crippen molar-refractivity contribution >= 4 is 16.6 Å². The van der Waals surface area contributed by atoms with Crippen molar-refractivity contribution in [2.24, 2.45) is 5.92 Å². The van der Waals surface area contributed by atoms with Gasteiger partial charge in [0, 0.05) is 36.3 Å². The highest BCUT2D eigenvalue weighted by Gasteiger charge is 2.41. The first-order chi connectivity index (χ1) is 16.6. The summed E-state index contributed by atoms with van der Waals surface area (Å²) in [6.07, 6.45) is 2.59. The standard InChI is InChI=1S/C25H24N4O5/c1-32-15-18-13-22(29(30)31)28(14-18)21-10-8-19-7-9-20(25-26-11-12-33-25)27-23(19)24(21)34-16-17-5-3-2-4-6-17/h2-12,18,22H,13-16H2,1H3. The number of hydrogen-bond acceptors (Lipinski definition) is 8. The van der Waals surface area contributed by atoms with Crippen molar-refractivity contribution in [3.63, 3.8) is 0 Å². The number of ether oxygens (including phenoxy) is 2. The number of fused-ring (bicyclic) bond motifs is 1. The van der Waals surface area contributed by atoms with Gasteiger partial charge in [0.05, 0.1) is 18.5 Å².